The minimum absolute atomic E-state index is 0.00661. The number of ketones is 1. The van der Waals surface area contributed by atoms with E-state index in [2.05, 4.69) is 11.1 Å². The Morgan fingerprint density at radius 2 is 1.87 bits per heavy atom. The highest BCUT2D eigenvalue weighted by molar-refractivity contribution is 7.18. The third-order valence-corrected chi connectivity index (χ3v) is 5.23. The second-order valence-corrected chi connectivity index (χ2v) is 6.80. The van der Waals surface area contributed by atoms with Crippen molar-refractivity contribution in [2.45, 2.75) is 12.3 Å². The first-order valence-corrected chi connectivity index (χ1v) is 8.38. The molecule has 0 N–H and O–H groups in total. The molecule has 0 saturated heterocycles. The lowest BCUT2D eigenvalue weighted by molar-refractivity contribution is -0.118. The molecule has 0 spiro atoms. The summed E-state index contributed by atoms with van der Waals surface area (Å²) in [5.74, 6) is -1.18. The maximum absolute atomic E-state index is 12.6. The number of nitriles is 1. The zero-order valence-corrected chi connectivity index (χ0v) is 14.1. The minimum Gasteiger partial charge on any atom is -0.297 e. The van der Waals surface area contributed by atoms with Gasteiger partial charge in [-0.3, -0.25) is 4.79 Å². The molecule has 0 aliphatic carbocycles. The normalized spacial score (nSPS) is 12.0. The number of benzene rings is 2. The molecule has 0 amide bonds. The van der Waals surface area contributed by atoms with E-state index in [1.54, 1.807) is 18.2 Å². The monoisotopic (exact) mass is 360 g/mol. The number of aromatic nitrogens is 1. The molecule has 1 atom stereocenters. The van der Waals surface area contributed by atoms with Gasteiger partial charge in [0.05, 0.1) is 16.3 Å². The maximum Gasteiger partial charge on any atom is 0.161 e. The summed E-state index contributed by atoms with van der Waals surface area (Å²) in [6.07, 6.45) is 0.00661. The van der Waals surface area contributed by atoms with Crippen molar-refractivity contribution in [3.8, 4) is 6.07 Å². The van der Waals surface area contributed by atoms with E-state index in [1.807, 2.05) is 24.3 Å². The molecule has 1 aromatic heterocycles. The van der Waals surface area contributed by atoms with Crippen LogP contribution in [0.15, 0.2) is 42.5 Å². The first-order chi connectivity index (χ1) is 11.1. The van der Waals surface area contributed by atoms with Gasteiger partial charge in [-0.15, -0.1) is 11.3 Å². The number of thiazole rings is 1. The summed E-state index contributed by atoms with van der Waals surface area (Å²) < 4.78 is 0.950. The van der Waals surface area contributed by atoms with Gasteiger partial charge in [0, 0.05) is 16.5 Å². The van der Waals surface area contributed by atoms with Crippen LogP contribution in [0.25, 0.3) is 10.2 Å². The highest BCUT2D eigenvalue weighted by Gasteiger charge is 2.25. The van der Waals surface area contributed by atoms with Gasteiger partial charge in [0.1, 0.15) is 5.01 Å². The van der Waals surface area contributed by atoms with Gasteiger partial charge in [-0.2, -0.15) is 5.26 Å². The highest BCUT2D eigenvalue weighted by atomic mass is 35.5. The molecule has 3 rings (SSSR count). The number of carbonyl (C=O) groups excluding carboxylic acids is 1. The molecule has 6 heteroatoms. The predicted molar refractivity (Wildman–Crippen MR) is 93.1 cm³/mol. The van der Waals surface area contributed by atoms with Crippen molar-refractivity contribution in [2.75, 3.05) is 0 Å². The van der Waals surface area contributed by atoms with Crippen molar-refractivity contribution in [3.63, 3.8) is 0 Å². The molecule has 0 saturated carbocycles. The summed E-state index contributed by atoms with van der Waals surface area (Å²) in [6.45, 7) is 0. The van der Waals surface area contributed by atoms with Crippen LogP contribution in [0, 0.1) is 11.3 Å². The summed E-state index contributed by atoms with van der Waals surface area (Å²) in [4.78, 5) is 17.0. The number of carbonyl (C=O) groups is 1. The van der Waals surface area contributed by atoms with Gasteiger partial charge >= 0.3 is 0 Å². The van der Waals surface area contributed by atoms with E-state index in [0.717, 1.165) is 10.2 Å². The van der Waals surface area contributed by atoms with E-state index in [1.165, 1.54) is 11.3 Å². The molecular formula is C17H10Cl2N2OS. The van der Waals surface area contributed by atoms with E-state index in [4.69, 9.17) is 23.2 Å². The number of hydrogen-bond donors (Lipinski definition) is 0. The number of nitrogens with zero attached hydrogens (tertiary/aromatic N) is 2. The van der Waals surface area contributed by atoms with Gasteiger partial charge in [-0.1, -0.05) is 41.4 Å². The molecule has 114 valence electrons. The molecule has 0 radical (unpaired) electrons. The van der Waals surface area contributed by atoms with Gasteiger partial charge in [0.2, 0.25) is 0 Å². The zero-order valence-electron chi connectivity index (χ0n) is 11.8. The maximum atomic E-state index is 12.6. The van der Waals surface area contributed by atoms with Crippen LogP contribution < -0.4 is 0 Å². The van der Waals surface area contributed by atoms with Gasteiger partial charge in [-0.05, 0) is 29.8 Å². The lowest BCUT2D eigenvalue weighted by Gasteiger charge is -2.08. The molecule has 0 fully saturated rings. The Balaban J connectivity index is 1.91. The Kier molecular flexibility index (Phi) is 4.63. The lowest BCUT2D eigenvalue weighted by atomic mass is 9.99. The van der Waals surface area contributed by atoms with Crippen LogP contribution in [0.5, 0.6) is 0 Å². The first-order valence-electron chi connectivity index (χ1n) is 6.81. The van der Waals surface area contributed by atoms with Crippen molar-refractivity contribution >= 4 is 50.5 Å². The highest BCUT2D eigenvalue weighted by Crippen LogP contribution is 2.31. The summed E-state index contributed by atoms with van der Waals surface area (Å²) >= 11 is 13.6. The average molecular weight is 361 g/mol. The predicted octanol–water partition coefficient (Wildman–Crippen LogP) is 5.02. The number of para-hydroxylation sites is 1. The van der Waals surface area contributed by atoms with Gasteiger partial charge in [0.15, 0.2) is 11.7 Å². The molecule has 0 unspecified atom stereocenters. The second-order valence-electron chi connectivity index (χ2n) is 4.93. The molecule has 23 heavy (non-hydrogen) atoms. The lowest BCUT2D eigenvalue weighted by Crippen LogP contribution is -2.14. The quantitative estimate of drug-likeness (QED) is 0.655. The molecule has 0 aliphatic rings. The molecule has 0 aliphatic heterocycles. The molecule has 3 nitrogen and oxygen atoms in total. The summed E-state index contributed by atoms with van der Waals surface area (Å²) in [5.41, 5.74) is 1.33. The van der Waals surface area contributed by atoms with Crippen molar-refractivity contribution in [1.29, 1.82) is 5.26 Å². The first kappa shape index (κ1) is 15.9. The van der Waals surface area contributed by atoms with Crippen LogP contribution in [0.4, 0.5) is 0 Å². The van der Waals surface area contributed by atoms with Gasteiger partial charge in [0.25, 0.3) is 0 Å². The fourth-order valence-corrected chi connectivity index (χ4v) is 3.82. The standard InChI is InChI=1S/C17H10Cl2N2OS/c18-12-4-3-5-13(19)10(12)8-15(22)11(9-20)17-21-14-6-1-2-7-16(14)23-17/h1-7,11H,8H2/t11-/m0/s1. The fourth-order valence-electron chi connectivity index (χ4n) is 2.26. The Hall–Kier alpha value is -1.93. The number of Topliss-reactive ketones (excluding diaryl/α,β-unsaturated/α-hetero) is 1. The van der Waals surface area contributed by atoms with Crippen LogP contribution in [0.1, 0.15) is 16.5 Å². The van der Waals surface area contributed by atoms with E-state index in [9.17, 15) is 10.1 Å². The Labute approximate surface area is 147 Å². The van der Waals surface area contributed by atoms with Crippen LogP contribution >= 0.6 is 34.5 Å². The van der Waals surface area contributed by atoms with Crippen molar-refractivity contribution in [3.05, 3.63) is 63.1 Å². The number of fused-ring (bicyclic) bond motifs is 1. The van der Waals surface area contributed by atoms with E-state index in [-0.39, 0.29) is 12.2 Å². The second kappa shape index (κ2) is 6.67. The van der Waals surface area contributed by atoms with E-state index >= 15 is 0 Å². The SMILES string of the molecule is N#C[C@@H](C(=O)Cc1c(Cl)cccc1Cl)c1nc2ccccc2s1. The summed E-state index contributed by atoms with van der Waals surface area (Å²) in [5, 5.41) is 10.8. The summed E-state index contributed by atoms with van der Waals surface area (Å²) in [6, 6.07) is 14.7. The van der Waals surface area contributed by atoms with E-state index in [0.29, 0.717) is 20.6 Å². The number of halogens is 2. The van der Waals surface area contributed by atoms with Gasteiger partial charge < -0.3 is 0 Å². The third-order valence-electron chi connectivity index (χ3n) is 3.42. The molecular weight excluding hydrogens is 351 g/mol. The Bertz CT molecular complexity index is 876. The summed E-state index contributed by atoms with van der Waals surface area (Å²) in [7, 11) is 0. The topological polar surface area (TPSA) is 53.8 Å². The minimum atomic E-state index is -0.917. The van der Waals surface area contributed by atoms with Crippen molar-refractivity contribution < 1.29 is 4.79 Å². The number of rotatable bonds is 4. The van der Waals surface area contributed by atoms with Crippen LogP contribution in [-0.4, -0.2) is 10.8 Å². The molecule has 1 heterocycles. The van der Waals surface area contributed by atoms with Crippen molar-refractivity contribution in [2.24, 2.45) is 0 Å². The number of hydrogen-bond acceptors (Lipinski definition) is 4. The Morgan fingerprint density at radius 1 is 1.17 bits per heavy atom. The smallest absolute Gasteiger partial charge is 0.161 e. The average Bonchev–Trinajstić information content (AvgIpc) is 2.95. The fraction of sp³-hybridized carbons (Fsp3) is 0.118. The van der Waals surface area contributed by atoms with Gasteiger partial charge in [-0.25, -0.2) is 4.98 Å². The van der Waals surface area contributed by atoms with Crippen LogP contribution in [0.2, 0.25) is 10.0 Å². The van der Waals surface area contributed by atoms with Crippen LogP contribution in [-0.2, 0) is 11.2 Å². The molecule has 2 aromatic carbocycles. The van der Waals surface area contributed by atoms with E-state index < -0.39 is 5.92 Å². The third kappa shape index (κ3) is 3.23. The van der Waals surface area contributed by atoms with Crippen LogP contribution in [0.3, 0.4) is 0 Å². The molecule has 0 bridgehead atoms. The zero-order chi connectivity index (χ0) is 16.4. The Morgan fingerprint density at radius 3 is 2.52 bits per heavy atom. The largest absolute Gasteiger partial charge is 0.297 e. The molecule has 3 aromatic rings. The van der Waals surface area contributed by atoms with Crippen molar-refractivity contribution in [1.82, 2.24) is 4.98 Å².